The van der Waals surface area contributed by atoms with Crippen molar-refractivity contribution in [1.82, 2.24) is 4.90 Å². The molecule has 1 saturated heterocycles. The summed E-state index contributed by atoms with van der Waals surface area (Å²) in [5.74, 6) is -0.300. The summed E-state index contributed by atoms with van der Waals surface area (Å²) < 4.78 is 4.66. The number of alkyl halides is 1. The van der Waals surface area contributed by atoms with E-state index in [9.17, 15) is 9.59 Å². The fraction of sp³-hybridized carbons (Fsp3) is 0.800. The molecule has 0 spiro atoms. The predicted octanol–water partition coefficient (Wildman–Crippen LogP) is 1.03. The molecule has 1 fully saturated rings. The van der Waals surface area contributed by atoms with Gasteiger partial charge in [0.05, 0.1) is 13.0 Å². The minimum absolute atomic E-state index is 0.0556. The molecular weight excluding hydrogens is 218 g/mol. The minimum atomic E-state index is -0.486. The van der Waals surface area contributed by atoms with Crippen LogP contribution in [0.25, 0.3) is 0 Å². The van der Waals surface area contributed by atoms with Crippen LogP contribution in [0, 0.1) is 5.92 Å². The van der Waals surface area contributed by atoms with Gasteiger partial charge in [-0.05, 0) is 19.8 Å². The Kier molecular flexibility index (Phi) is 4.39. The molecule has 1 aliphatic rings. The minimum Gasteiger partial charge on any atom is -0.469 e. The lowest BCUT2D eigenvalue weighted by molar-refractivity contribution is -0.148. The van der Waals surface area contributed by atoms with Gasteiger partial charge in [-0.3, -0.25) is 9.59 Å². The molecule has 0 aromatic heterocycles. The molecule has 1 atom stereocenters. The lowest BCUT2D eigenvalue weighted by atomic mass is 9.97. The second-order valence-electron chi connectivity index (χ2n) is 3.74. The lowest BCUT2D eigenvalue weighted by Crippen LogP contribution is -2.43. The van der Waals surface area contributed by atoms with Crippen molar-refractivity contribution >= 4 is 23.5 Å². The highest BCUT2D eigenvalue weighted by atomic mass is 35.5. The summed E-state index contributed by atoms with van der Waals surface area (Å²) in [5.41, 5.74) is 0. The van der Waals surface area contributed by atoms with Gasteiger partial charge < -0.3 is 9.64 Å². The van der Waals surface area contributed by atoms with E-state index in [0.717, 1.165) is 0 Å². The number of likely N-dealkylation sites (tertiary alicyclic amines) is 1. The summed E-state index contributed by atoms with van der Waals surface area (Å²) in [5, 5.41) is -0.486. The standard InChI is InChI=1S/C10H16ClNO3/c1-7(11)9(13)12-5-3-8(4-6-12)10(14)15-2/h7-8H,3-6H2,1-2H3. The van der Waals surface area contributed by atoms with E-state index in [4.69, 9.17) is 11.6 Å². The van der Waals surface area contributed by atoms with Crippen LogP contribution in [-0.2, 0) is 14.3 Å². The molecule has 15 heavy (non-hydrogen) atoms. The van der Waals surface area contributed by atoms with E-state index in [0.29, 0.717) is 25.9 Å². The van der Waals surface area contributed by atoms with Crippen LogP contribution < -0.4 is 0 Å². The SMILES string of the molecule is COC(=O)C1CCN(C(=O)C(C)Cl)CC1. The molecule has 1 amide bonds. The third-order valence-electron chi connectivity index (χ3n) is 2.68. The topological polar surface area (TPSA) is 46.6 Å². The summed E-state index contributed by atoms with van der Waals surface area (Å²) >= 11 is 5.70. The van der Waals surface area contributed by atoms with Crippen molar-refractivity contribution in [3.8, 4) is 0 Å². The largest absolute Gasteiger partial charge is 0.469 e. The summed E-state index contributed by atoms with van der Waals surface area (Å²) in [6.45, 7) is 2.85. The molecule has 0 saturated carbocycles. The fourth-order valence-corrected chi connectivity index (χ4v) is 1.89. The van der Waals surface area contributed by atoms with Crippen molar-refractivity contribution in [1.29, 1.82) is 0 Å². The van der Waals surface area contributed by atoms with Gasteiger partial charge >= 0.3 is 5.97 Å². The Bertz CT molecular complexity index is 247. The Morgan fingerprint density at radius 3 is 2.33 bits per heavy atom. The van der Waals surface area contributed by atoms with Crippen LogP contribution >= 0.6 is 11.6 Å². The van der Waals surface area contributed by atoms with Crippen LogP contribution in [0.3, 0.4) is 0 Å². The molecule has 0 aromatic carbocycles. The van der Waals surface area contributed by atoms with Crippen LogP contribution in [-0.4, -0.2) is 42.4 Å². The number of carbonyl (C=O) groups excluding carboxylic acids is 2. The van der Waals surface area contributed by atoms with Crippen LogP contribution in [0.4, 0.5) is 0 Å². The first-order valence-electron chi connectivity index (χ1n) is 5.07. The number of rotatable bonds is 2. The fourth-order valence-electron chi connectivity index (χ4n) is 1.75. The quantitative estimate of drug-likeness (QED) is 0.529. The molecule has 4 nitrogen and oxygen atoms in total. The van der Waals surface area contributed by atoms with Gasteiger partial charge in [0.25, 0.3) is 0 Å². The number of piperidine rings is 1. The maximum Gasteiger partial charge on any atom is 0.308 e. The van der Waals surface area contributed by atoms with Crippen LogP contribution in [0.15, 0.2) is 0 Å². The van der Waals surface area contributed by atoms with Gasteiger partial charge in [0.1, 0.15) is 5.38 Å². The van der Waals surface area contributed by atoms with Crippen molar-refractivity contribution in [2.24, 2.45) is 5.92 Å². The average Bonchev–Trinajstić information content (AvgIpc) is 2.27. The third-order valence-corrected chi connectivity index (χ3v) is 2.87. The number of ether oxygens (including phenoxy) is 1. The molecule has 0 aromatic rings. The number of amides is 1. The second kappa shape index (κ2) is 5.35. The van der Waals surface area contributed by atoms with Gasteiger partial charge in [0.15, 0.2) is 0 Å². The molecule has 5 heteroatoms. The zero-order valence-electron chi connectivity index (χ0n) is 9.03. The summed E-state index contributed by atoms with van der Waals surface area (Å²) in [6.07, 6.45) is 1.34. The number of halogens is 1. The molecule has 1 rings (SSSR count). The zero-order chi connectivity index (χ0) is 11.4. The van der Waals surface area contributed by atoms with Gasteiger partial charge in [-0.25, -0.2) is 0 Å². The Hall–Kier alpha value is -0.770. The van der Waals surface area contributed by atoms with E-state index in [1.807, 2.05) is 0 Å². The molecule has 1 aliphatic heterocycles. The Morgan fingerprint density at radius 1 is 1.40 bits per heavy atom. The number of methoxy groups -OCH3 is 1. The molecule has 0 N–H and O–H groups in total. The first kappa shape index (κ1) is 12.3. The average molecular weight is 234 g/mol. The summed E-state index contributed by atoms with van der Waals surface area (Å²) in [6, 6.07) is 0. The third kappa shape index (κ3) is 3.09. The summed E-state index contributed by atoms with van der Waals surface area (Å²) in [7, 11) is 1.39. The maximum atomic E-state index is 11.5. The maximum absolute atomic E-state index is 11.5. The van der Waals surface area contributed by atoms with Crippen molar-refractivity contribution in [2.45, 2.75) is 25.1 Å². The van der Waals surface area contributed by atoms with Gasteiger partial charge in [-0.1, -0.05) is 0 Å². The van der Waals surface area contributed by atoms with E-state index in [1.54, 1.807) is 11.8 Å². The first-order valence-corrected chi connectivity index (χ1v) is 5.50. The number of nitrogens with zero attached hydrogens (tertiary/aromatic N) is 1. The first-order chi connectivity index (χ1) is 7.06. The van der Waals surface area contributed by atoms with Gasteiger partial charge in [0, 0.05) is 13.1 Å². The predicted molar refractivity (Wildman–Crippen MR) is 56.6 cm³/mol. The molecule has 0 aliphatic carbocycles. The van der Waals surface area contributed by atoms with E-state index in [1.165, 1.54) is 7.11 Å². The smallest absolute Gasteiger partial charge is 0.308 e. The molecule has 1 heterocycles. The van der Waals surface area contributed by atoms with E-state index in [2.05, 4.69) is 4.74 Å². The monoisotopic (exact) mass is 233 g/mol. The number of hydrogen-bond donors (Lipinski definition) is 0. The van der Waals surface area contributed by atoms with Crippen LogP contribution in [0.2, 0.25) is 0 Å². The molecule has 1 unspecified atom stereocenters. The van der Waals surface area contributed by atoms with E-state index < -0.39 is 5.38 Å². The Balaban J connectivity index is 2.42. The highest BCUT2D eigenvalue weighted by Gasteiger charge is 2.28. The van der Waals surface area contributed by atoms with Gasteiger partial charge in [-0.2, -0.15) is 0 Å². The Labute approximate surface area is 94.5 Å². The highest BCUT2D eigenvalue weighted by molar-refractivity contribution is 6.30. The van der Waals surface area contributed by atoms with Crippen molar-refractivity contribution in [3.05, 3.63) is 0 Å². The highest BCUT2D eigenvalue weighted by Crippen LogP contribution is 2.19. The number of carbonyl (C=O) groups is 2. The van der Waals surface area contributed by atoms with Crippen molar-refractivity contribution < 1.29 is 14.3 Å². The van der Waals surface area contributed by atoms with Gasteiger partial charge in [-0.15, -0.1) is 11.6 Å². The normalized spacial score (nSPS) is 19.8. The zero-order valence-corrected chi connectivity index (χ0v) is 9.79. The second-order valence-corrected chi connectivity index (χ2v) is 4.39. The van der Waals surface area contributed by atoms with Crippen molar-refractivity contribution in [2.75, 3.05) is 20.2 Å². The molecule has 86 valence electrons. The van der Waals surface area contributed by atoms with Crippen LogP contribution in [0.5, 0.6) is 0 Å². The lowest BCUT2D eigenvalue weighted by Gasteiger charge is -2.31. The molecule has 0 radical (unpaired) electrons. The van der Waals surface area contributed by atoms with E-state index >= 15 is 0 Å². The van der Waals surface area contributed by atoms with E-state index in [-0.39, 0.29) is 17.8 Å². The van der Waals surface area contributed by atoms with Crippen molar-refractivity contribution in [3.63, 3.8) is 0 Å². The summed E-state index contributed by atoms with van der Waals surface area (Å²) in [4.78, 5) is 24.5. The Morgan fingerprint density at radius 2 is 1.93 bits per heavy atom. The van der Waals surface area contributed by atoms with Crippen LogP contribution in [0.1, 0.15) is 19.8 Å². The number of esters is 1. The number of hydrogen-bond acceptors (Lipinski definition) is 3. The molecule has 0 bridgehead atoms. The van der Waals surface area contributed by atoms with Gasteiger partial charge in [0.2, 0.25) is 5.91 Å². The molecular formula is C10H16ClNO3.